The van der Waals surface area contributed by atoms with E-state index in [0.717, 1.165) is 16.7 Å². The molecule has 270 valence electrons. The van der Waals surface area contributed by atoms with E-state index in [1.165, 1.54) is 98.6 Å². The average molecular weight is 737 g/mol. The van der Waals surface area contributed by atoms with Crippen LogP contribution >= 0.6 is 0 Å². The predicted octanol–water partition coefficient (Wildman–Crippen LogP) is 15.4. The number of rotatable bonds is 5. The van der Waals surface area contributed by atoms with Gasteiger partial charge in [-0.15, -0.1) is 0 Å². The van der Waals surface area contributed by atoms with Gasteiger partial charge in [-0.05, 0) is 91.3 Å². The zero-order valence-electron chi connectivity index (χ0n) is 31.7. The van der Waals surface area contributed by atoms with Gasteiger partial charge in [-0.3, -0.25) is 0 Å². The van der Waals surface area contributed by atoms with Crippen LogP contribution in [0, 0.1) is 0 Å². The Hall–Kier alpha value is -7.68. The van der Waals surface area contributed by atoms with Crippen molar-refractivity contribution in [2.24, 2.45) is 0 Å². The van der Waals surface area contributed by atoms with E-state index in [4.69, 9.17) is 0 Å². The summed E-state index contributed by atoms with van der Waals surface area (Å²) in [6.45, 7) is 0. The van der Waals surface area contributed by atoms with E-state index in [0.29, 0.717) is 0 Å². The highest BCUT2D eigenvalue weighted by atomic mass is 15.0. The standard InChI is InChI=1S/C56H36N2/c1-3-16-36(17-4-1)37-18-11-19-38(34-37)54-44-26-12-24-40(46-28-14-29-47-42-22-7-9-32-52(42)57-55(46)47)50(44)35-51-41(25-13-27-45(51)54)48-30-15-31-49-43-23-8-10-33-53(43)58(56(48)49)39-20-5-2-6-21-39/h1-35,57H. The van der Waals surface area contributed by atoms with Gasteiger partial charge in [-0.25, -0.2) is 0 Å². The Morgan fingerprint density at radius 3 is 1.62 bits per heavy atom. The van der Waals surface area contributed by atoms with E-state index in [1.54, 1.807) is 0 Å². The summed E-state index contributed by atoms with van der Waals surface area (Å²) < 4.78 is 2.45. The Kier molecular flexibility index (Phi) is 7.26. The molecule has 0 atom stereocenters. The monoisotopic (exact) mass is 736 g/mol. The highest BCUT2D eigenvalue weighted by Gasteiger charge is 2.21. The Morgan fingerprint density at radius 1 is 0.310 bits per heavy atom. The smallest absolute Gasteiger partial charge is 0.0619 e. The average Bonchev–Trinajstić information content (AvgIpc) is 3.85. The van der Waals surface area contributed by atoms with Gasteiger partial charge in [0.1, 0.15) is 0 Å². The summed E-state index contributed by atoms with van der Waals surface area (Å²) in [5.74, 6) is 0. The number of aromatic nitrogens is 2. The van der Waals surface area contributed by atoms with Gasteiger partial charge < -0.3 is 9.55 Å². The molecule has 0 radical (unpaired) electrons. The molecule has 0 saturated carbocycles. The Labute approximate surface area is 335 Å². The molecular weight excluding hydrogens is 701 g/mol. The van der Waals surface area contributed by atoms with Crippen molar-refractivity contribution in [3.8, 4) is 50.2 Å². The quantitative estimate of drug-likeness (QED) is 0.170. The number of hydrogen-bond acceptors (Lipinski definition) is 0. The van der Waals surface area contributed by atoms with Gasteiger partial charge in [0.25, 0.3) is 0 Å². The van der Waals surface area contributed by atoms with Crippen LogP contribution in [0.25, 0.3) is 115 Å². The highest BCUT2D eigenvalue weighted by molar-refractivity contribution is 6.23. The van der Waals surface area contributed by atoms with E-state index in [-0.39, 0.29) is 0 Å². The Morgan fingerprint density at radius 2 is 0.845 bits per heavy atom. The van der Waals surface area contributed by atoms with Crippen molar-refractivity contribution in [3.05, 3.63) is 212 Å². The minimum Gasteiger partial charge on any atom is -0.354 e. The topological polar surface area (TPSA) is 20.7 Å². The van der Waals surface area contributed by atoms with Crippen LogP contribution in [0.1, 0.15) is 0 Å². The first kappa shape index (κ1) is 32.6. The van der Waals surface area contributed by atoms with E-state index in [1.807, 2.05) is 0 Å². The molecule has 12 rings (SSSR count). The highest BCUT2D eigenvalue weighted by Crippen LogP contribution is 2.47. The molecule has 0 spiro atoms. The number of nitrogens with one attached hydrogen (secondary N) is 1. The molecule has 2 nitrogen and oxygen atoms in total. The molecule has 1 N–H and O–H groups in total. The van der Waals surface area contributed by atoms with Crippen molar-refractivity contribution < 1.29 is 0 Å². The summed E-state index contributed by atoms with van der Waals surface area (Å²) in [5, 5.41) is 9.90. The van der Waals surface area contributed by atoms with Gasteiger partial charge in [0.2, 0.25) is 0 Å². The molecule has 0 unspecified atom stereocenters. The third-order valence-corrected chi connectivity index (χ3v) is 12.1. The SMILES string of the molecule is c1ccc(-c2cccc(-c3c4cccc(-c5cccc6c5[nH]c5ccccc56)c4cc4c(-c5cccc6c7ccccc7n(-c7ccccc7)c56)cccc34)c2)cc1. The van der Waals surface area contributed by atoms with Crippen molar-refractivity contribution in [2.45, 2.75) is 0 Å². The van der Waals surface area contributed by atoms with Crippen LogP contribution in [0.15, 0.2) is 212 Å². The van der Waals surface area contributed by atoms with Gasteiger partial charge in [-0.1, -0.05) is 176 Å². The zero-order chi connectivity index (χ0) is 38.2. The normalized spacial score (nSPS) is 11.8. The Balaban J connectivity index is 1.21. The van der Waals surface area contributed by atoms with Crippen molar-refractivity contribution in [2.75, 3.05) is 0 Å². The van der Waals surface area contributed by atoms with E-state index in [2.05, 4.69) is 222 Å². The van der Waals surface area contributed by atoms with Crippen molar-refractivity contribution >= 4 is 65.2 Å². The minimum atomic E-state index is 1.15. The summed E-state index contributed by atoms with van der Waals surface area (Å²) in [7, 11) is 0. The number of H-pyrrole nitrogens is 1. The molecule has 0 aliphatic carbocycles. The van der Waals surface area contributed by atoms with Crippen LogP contribution in [0.3, 0.4) is 0 Å². The molecule has 10 aromatic carbocycles. The van der Waals surface area contributed by atoms with Crippen LogP contribution in [-0.4, -0.2) is 9.55 Å². The van der Waals surface area contributed by atoms with Gasteiger partial charge in [0.05, 0.1) is 16.6 Å². The number of fused-ring (bicyclic) bond motifs is 8. The maximum atomic E-state index is 3.81. The summed E-state index contributed by atoms with van der Waals surface area (Å²) in [4.78, 5) is 3.81. The molecule has 0 aliphatic heterocycles. The first-order valence-electron chi connectivity index (χ1n) is 20.0. The summed E-state index contributed by atoms with van der Waals surface area (Å²) >= 11 is 0. The lowest BCUT2D eigenvalue weighted by Crippen LogP contribution is -1.96. The van der Waals surface area contributed by atoms with Crippen LogP contribution in [0.5, 0.6) is 0 Å². The number of hydrogen-bond donors (Lipinski definition) is 1. The summed E-state index contributed by atoms with van der Waals surface area (Å²) in [6.07, 6.45) is 0. The van der Waals surface area contributed by atoms with Crippen LogP contribution in [0.2, 0.25) is 0 Å². The second-order valence-corrected chi connectivity index (χ2v) is 15.3. The number of aromatic amines is 1. The fraction of sp³-hybridized carbons (Fsp3) is 0. The lowest BCUT2D eigenvalue weighted by atomic mass is 9.85. The van der Waals surface area contributed by atoms with Crippen LogP contribution in [0.4, 0.5) is 0 Å². The second kappa shape index (κ2) is 12.9. The van der Waals surface area contributed by atoms with Crippen LogP contribution < -0.4 is 0 Å². The maximum absolute atomic E-state index is 3.81. The van der Waals surface area contributed by atoms with E-state index in [9.17, 15) is 0 Å². The largest absolute Gasteiger partial charge is 0.354 e. The van der Waals surface area contributed by atoms with E-state index < -0.39 is 0 Å². The predicted molar refractivity (Wildman–Crippen MR) is 247 cm³/mol. The molecule has 12 aromatic rings. The number of nitrogens with zero attached hydrogens (tertiary/aromatic N) is 1. The first-order valence-corrected chi connectivity index (χ1v) is 20.0. The molecule has 2 heterocycles. The number of benzene rings is 10. The van der Waals surface area contributed by atoms with Crippen molar-refractivity contribution in [3.63, 3.8) is 0 Å². The van der Waals surface area contributed by atoms with Gasteiger partial charge >= 0.3 is 0 Å². The fourth-order valence-electron chi connectivity index (χ4n) is 9.61. The van der Waals surface area contributed by atoms with Gasteiger partial charge in [0.15, 0.2) is 0 Å². The van der Waals surface area contributed by atoms with Gasteiger partial charge in [-0.2, -0.15) is 0 Å². The molecule has 0 saturated heterocycles. The maximum Gasteiger partial charge on any atom is 0.0619 e. The third kappa shape index (κ3) is 4.92. The first-order chi connectivity index (χ1) is 28.8. The third-order valence-electron chi connectivity index (χ3n) is 12.1. The molecule has 2 heteroatoms. The molecular formula is C56H36N2. The minimum absolute atomic E-state index is 1.15. The molecule has 58 heavy (non-hydrogen) atoms. The summed E-state index contributed by atoms with van der Waals surface area (Å²) in [6, 6.07) is 77.8. The van der Waals surface area contributed by atoms with Crippen molar-refractivity contribution in [1.29, 1.82) is 0 Å². The van der Waals surface area contributed by atoms with Crippen LogP contribution in [-0.2, 0) is 0 Å². The summed E-state index contributed by atoms with van der Waals surface area (Å²) in [5.41, 5.74) is 15.6. The number of para-hydroxylation sites is 5. The molecule has 0 amide bonds. The zero-order valence-corrected chi connectivity index (χ0v) is 31.7. The Bertz CT molecular complexity index is 3550. The lowest BCUT2D eigenvalue weighted by molar-refractivity contribution is 1.18. The fourth-order valence-corrected chi connectivity index (χ4v) is 9.61. The molecule has 0 bridgehead atoms. The molecule has 2 aromatic heterocycles. The van der Waals surface area contributed by atoms with E-state index >= 15 is 0 Å². The van der Waals surface area contributed by atoms with Gasteiger partial charge in [0, 0.05) is 43.9 Å². The molecule has 0 aliphatic rings. The lowest BCUT2D eigenvalue weighted by Gasteiger charge is -2.19. The van der Waals surface area contributed by atoms with Crippen molar-refractivity contribution in [1.82, 2.24) is 9.55 Å². The second-order valence-electron chi connectivity index (χ2n) is 15.3. The molecule has 0 fully saturated rings.